The van der Waals surface area contributed by atoms with Gasteiger partial charge in [0, 0.05) is 60.5 Å². The predicted octanol–water partition coefficient (Wildman–Crippen LogP) is 3.54. The number of nitrogens with zero attached hydrogens (tertiary/aromatic N) is 4. The van der Waals surface area contributed by atoms with Crippen molar-refractivity contribution < 1.29 is 4.74 Å². The molecule has 0 radical (unpaired) electrons. The summed E-state index contributed by atoms with van der Waals surface area (Å²) >= 11 is 0. The van der Waals surface area contributed by atoms with Gasteiger partial charge in [-0.1, -0.05) is 12.1 Å². The largest absolute Gasteiger partial charge is 0.481 e. The molecule has 3 aromatic heterocycles. The van der Waals surface area contributed by atoms with E-state index in [-0.39, 0.29) is 0 Å². The molecule has 0 amide bonds. The summed E-state index contributed by atoms with van der Waals surface area (Å²) in [6, 6.07) is 12.9. The Kier molecular flexibility index (Phi) is 4.13. The van der Waals surface area contributed by atoms with E-state index in [1.165, 1.54) is 11.3 Å². The van der Waals surface area contributed by atoms with E-state index in [1.54, 1.807) is 13.3 Å². The maximum Gasteiger partial charge on any atom is 0.213 e. The van der Waals surface area contributed by atoms with Gasteiger partial charge in [-0.15, -0.1) is 0 Å². The molecule has 142 valence electrons. The lowest BCUT2D eigenvalue weighted by molar-refractivity contribution is 0.313. The lowest BCUT2D eigenvalue weighted by Crippen LogP contribution is -2.44. The number of nitrogens with one attached hydrogen (secondary N) is 1. The summed E-state index contributed by atoms with van der Waals surface area (Å²) in [5, 5.41) is 2.15. The van der Waals surface area contributed by atoms with Crippen LogP contribution in [0.4, 0.5) is 5.69 Å². The van der Waals surface area contributed by atoms with Gasteiger partial charge >= 0.3 is 0 Å². The van der Waals surface area contributed by atoms with E-state index in [0.717, 1.165) is 53.7 Å². The van der Waals surface area contributed by atoms with E-state index in [4.69, 9.17) is 4.74 Å². The Bertz CT molecular complexity index is 1130. The summed E-state index contributed by atoms with van der Waals surface area (Å²) in [7, 11) is 3.81. The molecule has 1 aromatic carbocycles. The molecule has 0 aliphatic carbocycles. The third-order valence-corrected chi connectivity index (χ3v) is 5.59. The van der Waals surface area contributed by atoms with Crippen LogP contribution in [0, 0.1) is 0 Å². The molecule has 0 saturated carbocycles. The lowest BCUT2D eigenvalue weighted by atomic mass is 10.1. The molecule has 1 N–H and O–H groups in total. The van der Waals surface area contributed by atoms with E-state index in [9.17, 15) is 0 Å². The normalized spacial score (nSPS) is 15.4. The quantitative estimate of drug-likeness (QED) is 0.595. The van der Waals surface area contributed by atoms with Crippen LogP contribution in [0.15, 0.2) is 48.8 Å². The van der Waals surface area contributed by atoms with Crippen LogP contribution in [-0.2, 0) is 0 Å². The van der Waals surface area contributed by atoms with Crippen LogP contribution in [0.25, 0.3) is 33.1 Å². The fraction of sp³-hybridized carbons (Fsp3) is 0.273. The Morgan fingerprint density at radius 1 is 0.893 bits per heavy atom. The first-order valence-electron chi connectivity index (χ1n) is 9.57. The van der Waals surface area contributed by atoms with E-state index in [2.05, 4.69) is 62.1 Å². The Balaban J connectivity index is 1.49. The molecule has 1 saturated heterocycles. The average molecular weight is 373 g/mol. The Hall–Kier alpha value is -3.12. The molecule has 0 spiro atoms. The second-order valence-corrected chi connectivity index (χ2v) is 7.35. The molecular formula is C22H23N5O. The zero-order valence-corrected chi connectivity index (χ0v) is 16.1. The maximum atomic E-state index is 5.28. The average Bonchev–Trinajstić information content (AvgIpc) is 3.11. The van der Waals surface area contributed by atoms with Gasteiger partial charge in [0.15, 0.2) is 0 Å². The Labute approximate surface area is 163 Å². The SMILES string of the molecule is COc1cc2c(cn1)[nH]c1ncc(-c3ccc(N4CCN(C)CC4)cc3)cc12. The smallest absolute Gasteiger partial charge is 0.213 e. The number of benzene rings is 1. The van der Waals surface area contributed by atoms with E-state index >= 15 is 0 Å². The van der Waals surface area contributed by atoms with Crippen molar-refractivity contribution in [2.45, 2.75) is 0 Å². The molecule has 0 unspecified atom stereocenters. The molecule has 6 nitrogen and oxygen atoms in total. The number of ether oxygens (including phenoxy) is 1. The fourth-order valence-electron chi connectivity index (χ4n) is 3.85. The fourth-order valence-corrected chi connectivity index (χ4v) is 3.85. The first-order valence-corrected chi connectivity index (χ1v) is 9.57. The number of H-pyrrole nitrogens is 1. The van der Waals surface area contributed by atoms with Crippen LogP contribution in [0.5, 0.6) is 5.88 Å². The van der Waals surface area contributed by atoms with Gasteiger partial charge in [0.2, 0.25) is 5.88 Å². The number of aromatic nitrogens is 3. The standard InChI is InChI=1S/C22H23N5O/c1-26-7-9-27(10-8-26)17-5-3-15(4-6-17)16-11-19-18-12-21(28-2)23-14-20(18)25-22(19)24-13-16/h3-6,11-14H,7-10H2,1-2H3,(H,24,25). The van der Waals surface area contributed by atoms with Gasteiger partial charge in [0.25, 0.3) is 0 Å². The molecule has 1 fully saturated rings. The van der Waals surface area contributed by atoms with Crippen LogP contribution < -0.4 is 9.64 Å². The molecular weight excluding hydrogens is 350 g/mol. The summed E-state index contributed by atoms with van der Waals surface area (Å²) in [6.07, 6.45) is 3.72. The van der Waals surface area contributed by atoms with Crippen molar-refractivity contribution in [2.24, 2.45) is 0 Å². The highest BCUT2D eigenvalue weighted by Gasteiger charge is 2.14. The zero-order chi connectivity index (χ0) is 19.1. The Morgan fingerprint density at radius 3 is 2.43 bits per heavy atom. The molecule has 0 bridgehead atoms. The number of pyridine rings is 2. The highest BCUT2D eigenvalue weighted by atomic mass is 16.5. The molecule has 4 aromatic rings. The number of likely N-dealkylation sites (N-methyl/N-ethyl adjacent to an activating group) is 1. The van der Waals surface area contributed by atoms with Crippen LogP contribution in [0.3, 0.4) is 0 Å². The van der Waals surface area contributed by atoms with Gasteiger partial charge < -0.3 is 19.5 Å². The van der Waals surface area contributed by atoms with Crippen molar-refractivity contribution in [3.05, 3.63) is 48.8 Å². The zero-order valence-electron chi connectivity index (χ0n) is 16.1. The van der Waals surface area contributed by atoms with Crippen LogP contribution in [0.1, 0.15) is 0 Å². The number of aromatic amines is 1. The number of methoxy groups -OCH3 is 1. The summed E-state index contributed by atoms with van der Waals surface area (Å²) in [4.78, 5) is 17.0. The first kappa shape index (κ1) is 17.0. The highest BCUT2D eigenvalue weighted by Crippen LogP contribution is 2.30. The number of fused-ring (bicyclic) bond motifs is 3. The van der Waals surface area contributed by atoms with Crippen molar-refractivity contribution in [2.75, 3.05) is 45.2 Å². The van der Waals surface area contributed by atoms with Crippen LogP contribution in [-0.4, -0.2) is 60.2 Å². The summed E-state index contributed by atoms with van der Waals surface area (Å²) in [5.74, 6) is 0.607. The van der Waals surface area contributed by atoms with Crippen LogP contribution >= 0.6 is 0 Å². The maximum absolute atomic E-state index is 5.28. The second-order valence-electron chi connectivity index (χ2n) is 7.35. The van der Waals surface area contributed by atoms with Crippen molar-refractivity contribution in [3.63, 3.8) is 0 Å². The van der Waals surface area contributed by atoms with Crippen LogP contribution in [0.2, 0.25) is 0 Å². The number of hydrogen-bond acceptors (Lipinski definition) is 5. The van der Waals surface area contributed by atoms with Gasteiger partial charge in [0.05, 0.1) is 18.8 Å². The molecule has 1 aliphatic rings. The summed E-state index contributed by atoms with van der Waals surface area (Å²) < 4.78 is 5.28. The number of anilines is 1. The molecule has 6 heteroatoms. The minimum Gasteiger partial charge on any atom is -0.481 e. The van der Waals surface area contributed by atoms with Gasteiger partial charge in [-0.2, -0.15) is 0 Å². The molecule has 28 heavy (non-hydrogen) atoms. The monoisotopic (exact) mass is 373 g/mol. The summed E-state index contributed by atoms with van der Waals surface area (Å²) in [6.45, 7) is 4.38. The first-order chi connectivity index (χ1) is 13.7. The van der Waals surface area contributed by atoms with Crippen molar-refractivity contribution in [3.8, 4) is 17.0 Å². The number of hydrogen-bond donors (Lipinski definition) is 1. The van der Waals surface area contributed by atoms with Gasteiger partial charge in [-0.05, 0) is 30.8 Å². The van der Waals surface area contributed by atoms with Gasteiger partial charge in [-0.3, -0.25) is 0 Å². The van der Waals surface area contributed by atoms with E-state index in [0.29, 0.717) is 5.88 Å². The minimum atomic E-state index is 0.607. The molecule has 0 atom stereocenters. The second kappa shape index (κ2) is 6.80. The van der Waals surface area contributed by atoms with E-state index in [1.807, 2.05) is 12.3 Å². The number of piperazine rings is 1. The van der Waals surface area contributed by atoms with Gasteiger partial charge in [0.1, 0.15) is 5.65 Å². The van der Waals surface area contributed by atoms with E-state index < -0.39 is 0 Å². The predicted molar refractivity (Wildman–Crippen MR) is 113 cm³/mol. The topological polar surface area (TPSA) is 57.3 Å². The lowest BCUT2D eigenvalue weighted by Gasteiger charge is -2.34. The molecule has 5 rings (SSSR count). The van der Waals surface area contributed by atoms with Crippen molar-refractivity contribution >= 4 is 27.6 Å². The van der Waals surface area contributed by atoms with Gasteiger partial charge in [-0.25, -0.2) is 9.97 Å². The minimum absolute atomic E-state index is 0.607. The third kappa shape index (κ3) is 2.96. The van der Waals surface area contributed by atoms with Crippen molar-refractivity contribution in [1.82, 2.24) is 19.9 Å². The highest BCUT2D eigenvalue weighted by molar-refractivity contribution is 6.07. The number of rotatable bonds is 3. The summed E-state index contributed by atoms with van der Waals surface area (Å²) in [5.41, 5.74) is 5.39. The Morgan fingerprint density at radius 2 is 1.68 bits per heavy atom. The van der Waals surface area contributed by atoms with Crippen molar-refractivity contribution in [1.29, 1.82) is 0 Å². The molecule has 1 aliphatic heterocycles. The third-order valence-electron chi connectivity index (χ3n) is 5.59. The molecule has 4 heterocycles.